The van der Waals surface area contributed by atoms with Crippen molar-refractivity contribution in [3.05, 3.63) is 0 Å². The van der Waals surface area contributed by atoms with Crippen molar-refractivity contribution in [1.29, 1.82) is 0 Å². The van der Waals surface area contributed by atoms with Gasteiger partial charge in [0, 0.05) is 6.54 Å². The van der Waals surface area contributed by atoms with Crippen molar-refractivity contribution in [2.24, 2.45) is 5.92 Å². The highest BCUT2D eigenvalue weighted by atomic mass is 35.5. The van der Waals surface area contributed by atoms with E-state index in [9.17, 15) is 0 Å². The van der Waals surface area contributed by atoms with E-state index >= 15 is 0 Å². The molecule has 0 spiro atoms. The fourth-order valence-electron chi connectivity index (χ4n) is 1.13. The van der Waals surface area contributed by atoms with Crippen molar-refractivity contribution in [3.63, 3.8) is 0 Å². The van der Waals surface area contributed by atoms with Crippen molar-refractivity contribution in [1.82, 2.24) is 5.32 Å². The molecule has 56 valence electrons. The molecule has 0 saturated carbocycles. The Balaban J connectivity index is 0.000000640. The van der Waals surface area contributed by atoms with E-state index in [-0.39, 0.29) is 18.5 Å². The van der Waals surface area contributed by atoms with Crippen LogP contribution in [0, 0.1) is 5.92 Å². The van der Waals surface area contributed by atoms with Crippen LogP contribution in [0.5, 0.6) is 0 Å². The minimum absolute atomic E-state index is 0. The van der Waals surface area contributed by atoms with Crippen LogP contribution in [-0.4, -0.2) is 24.3 Å². The summed E-state index contributed by atoms with van der Waals surface area (Å²) in [6.45, 7) is 4.00. The zero-order valence-electron chi connectivity index (χ0n) is 5.63. The number of halogens is 1. The normalized spacial score (nSPS) is 35.3. The maximum Gasteiger partial charge on any atom is 0.0667 e. The largest absolute Gasteiger partial charge is 0.392 e. The Bertz CT molecular complexity index is 71.5. The second-order valence-electron chi connectivity index (χ2n) is 2.65. The van der Waals surface area contributed by atoms with E-state index in [1.165, 1.54) is 0 Å². The van der Waals surface area contributed by atoms with Gasteiger partial charge in [0.25, 0.3) is 0 Å². The molecule has 0 radical (unpaired) electrons. The average molecular weight is 152 g/mol. The van der Waals surface area contributed by atoms with Gasteiger partial charge in [-0.05, 0) is 18.9 Å². The van der Waals surface area contributed by atoms with Crippen molar-refractivity contribution in [3.8, 4) is 0 Å². The minimum atomic E-state index is -0.0984. The Morgan fingerprint density at radius 1 is 1.44 bits per heavy atom. The summed E-state index contributed by atoms with van der Waals surface area (Å²) in [6, 6.07) is 0. The summed E-state index contributed by atoms with van der Waals surface area (Å²) < 4.78 is 0. The van der Waals surface area contributed by atoms with Crippen LogP contribution < -0.4 is 5.32 Å². The van der Waals surface area contributed by atoms with Crippen LogP contribution in [0.15, 0.2) is 0 Å². The first-order chi connectivity index (χ1) is 3.79. The first-order valence-corrected chi connectivity index (χ1v) is 3.18. The molecule has 1 fully saturated rings. The molecule has 2 nitrogen and oxygen atoms in total. The SMILES string of the molecule is C[C@@H]1CNC[C@@H](O)C1.Cl. The van der Waals surface area contributed by atoms with Gasteiger partial charge in [0.15, 0.2) is 0 Å². The predicted molar refractivity (Wildman–Crippen MR) is 39.9 cm³/mol. The van der Waals surface area contributed by atoms with Crippen molar-refractivity contribution in [2.45, 2.75) is 19.4 Å². The van der Waals surface area contributed by atoms with Crippen LogP contribution >= 0.6 is 12.4 Å². The second kappa shape index (κ2) is 4.09. The summed E-state index contributed by atoms with van der Waals surface area (Å²) in [5, 5.41) is 12.2. The van der Waals surface area contributed by atoms with E-state index in [1.807, 2.05) is 0 Å². The van der Waals surface area contributed by atoms with Crippen molar-refractivity contribution >= 4 is 12.4 Å². The Morgan fingerprint density at radius 2 is 2.11 bits per heavy atom. The fourth-order valence-corrected chi connectivity index (χ4v) is 1.13. The van der Waals surface area contributed by atoms with Gasteiger partial charge in [-0.15, -0.1) is 12.4 Å². The molecule has 0 bridgehead atoms. The lowest BCUT2D eigenvalue weighted by Gasteiger charge is -2.23. The maximum atomic E-state index is 9.02. The number of aliphatic hydroxyl groups is 1. The van der Waals surface area contributed by atoms with Crippen LogP contribution in [0.25, 0.3) is 0 Å². The quantitative estimate of drug-likeness (QED) is 0.526. The molecule has 1 aliphatic heterocycles. The van der Waals surface area contributed by atoms with E-state index < -0.39 is 0 Å². The second-order valence-corrected chi connectivity index (χ2v) is 2.65. The van der Waals surface area contributed by atoms with Gasteiger partial charge < -0.3 is 10.4 Å². The summed E-state index contributed by atoms with van der Waals surface area (Å²) in [4.78, 5) is 0. The zero-order chi connectivity index (χ0) is 5.98. The van der Waals surface area contributed by atoms with Crippen LogP contribution in [0.2, 0.25) is 0 Å². The molecule has 0 amide bonds. The van der Waals surface area contributed by atoms with E-state index in [2.05, 4.69) is 12.2 Å². The Morgan fingerprint density at radius 3 is 2.44 bits per heavy atom. The highest BCUT2D eigenvalue weighted by Crippen LogP contribution is 2.07. The third-order valence-corrected chi connectivity index (χ3v) is 1.55. The topological polar surface area (TPSA) is 32.3 Å². The summed E-state index contributed by atoms with van der Waals surface area (Å²) in [7, 11) is 0. The predicted octanol–water partition coefficient (Wildman–Crippen LogP) is 0.398. The van der Waals surface area contributed by atoms with Gasteiger partial charge in [-0.3, -0.25) is 0 Å². The lowest BCUT2D eigenvalue weighted by Crippen LogP contribution is -2.38. The lowest BCUT2D eigenvalue weighted by molar-refractivity contribution is 0.119. The van der Waals surface area contributed by atoms with E-state index in [4.69, 9.17) is 5.11 Å². The Labute approximate surface area is 62.1 Å². The summed E-state index contributed by atoms with van der Waals surface area (Å²) >= 11 is 0. The standard InChI is InChI=1S/C6H13NO.ClH/c1-5-2-6(8)4-7-3-5;/h5-8H,2-4H2,1H3;1H/t5-,6-;/m0./s1. The smallest absolute Gasteiger partial charge is 0.0667 e. The summed E-state index contributed by atoms with van der Waals surface area (Å²) in [5.41, 5.74) is 0. The molecule has 0 aliphatic carbocycles. The number of rotatable bonds is 0. The number of aliphatic hydroxyl groups excluding tert-OH is 1. The molecule has 1 saturated heterocycles. The van der Waals surface area contributed by atoms with Crippen LogP contribution in [0.1, 0.15) is 13.3 Å². The fraction of sp³-hybridized carbons (Fsp3) is 1.00. The molecule has 0 aromatic carbocycles. The van der Waals surface area contributed by atoms with Gasteiger partial charge in [0.1, 0.15) is 0 Å². The van der Waals surface area contributed by atoms with Crippen LogP contribution in [-0.2, 0) is 0 Å². The van der Waals surface area contributed by atoms with Crippen molar-refractivity contribution in [2.75, 3.05) is 13.1 Å². The average Bonchev–Trinajstić information content (AvgIpc) is 1.64. The van der Waals surface area contributed by atoms with Crippen LogP contribution in [0.4, 0.5) is 0 Å². The molecule has 9 heavy (non-hydrogen) atoms. The van der Waals surface area contributed by atoms with E-state index in [1.54, 1.807) is 0 Å². The molecular formula is C6H14ClNO. The third kappa shape index (κ3) is 3.04. The van der Waals surface area contributed by atoms with Crippen molar-refractivity contribution < 1.29 is 5.11 Å². The van der Waals surface area contributed by atoms with Gasteiger partial charge in [-0.1, -0.05) is 6.92 Å². The number of hydrogen-bond donors (Lipinski definition) is 2. The molecule has 3 heteroatoms. The number of β-amino-alcohol motifs (C(OH)–C–C–N with tert-alkyl or cyclic N) is 1. The van der Waals surface area contributed by atoms with Gasteiger partial charge in [0.05, 0.1) is 6.10 Å². The Hall–Kier alpha value is 0.210. The minimum Gasteiger partial charge on any atom is -0.392 e. The third-order valence-electron chi connectivity index (χ3n) is 1.55. The first-order valence-electron chi connectivity index (χ1n) is 3.18. The number of hydrogen-bond acceptors (Lipinski definition) is 2. The molecule has 0 unspecified atom stereocenters. The summed E-state index contributed by atoms with van der Waals surface area (Å²) in [6.07, 6.45) is 0.867. The number of piperidine rings is 1. The summed E-state index contributed by atoms with van der Waals surface area (Å²) in [5.74, 6) is 0.652. The monoisotopic (exact) mass is 151 g/mol. The molecule has 2 N–H and O–H groups in total. The molecular weight excluding hydrogens is 138 g/mol. The molecule has 2 atom stereocenters. The highest BCUT2D eigenvalue weighted by Gasteiger charge is 2.14. The molecule has 0 aromatic rings. The molecule has 1 rings (SSSR count). The van der Waals surface area contributed by atoms with Gasteiger partial charge in [0.2, 0.25) is 0 Å². The molecule has 1 aliphatic rings. The highest BCUT2D eigenvalue weighted by molar-refractivity contribution is 5.85. The first kappa shape index (κ1) is 9.21. The van der Waals surface area contributed by atoms with E-state index in [0.29, 0.717) is 5.92 Å². The van der Waals surface area contributed by atoms with Gasteiger partial charge >= 0.3 is 0 Å². The van der Waals surface area contributed by atoms with Gasteiger partial charge in [-0.25, -0.2) is 0 Å². The van der Waals surface area contributed by atoms with Gasteiger partial charge in [-0.2, -0.15) is 0 Å². The number of nitrogens with one attached hydrogen (secondary N) is 1. The maximum absolute atomic E-state index is 9.02. The Kier molecular flexibility index (Phi) is 4.19. The lowest BCUT2D eigenvalue weighted by atomic mass is 10.0. The molecule has 0 aromatic heterocycles. The molecule has 1 heterocycles. The van der Waals surface area contributed by atoms with Crippen LogP contribution in [0.3, 0.4) is 0 Å². The zero-order valence-corrected chi connectivity index (χ0v) is 6.45. The van der Waals surface area contributed by atoms with E-state index in [0.717, 1.165) is 19.5 Å².